The highest BCUT2D eigenvalue weighted by Crippen LogP contribution is 2.27. The van der Waals surface area contributed by atoms with Crippen LogP contribution in [-0.2, 0) is 0 Å². The van der Waals surface area contributed by atoms with Gasteiger partial charge in [0.15, 0.2) is 5.82 Å². The largest absolute Gasteiger partial charge is 0.356 e. The van der Waals surface area contributed by atoms with E-state index in [9.17, 15) is 4.39 Å². The maximum absolute atomic E-state index is 14.0. The molecule has 4 nitrogen and oxygen atoms in total. The number of anilines is 3. The topological polar surface area (TPSA) is 41.0 Å². The van der Waals surface area contributed by atoms with E-state index in [1.165, 1.54) is 25.3 Å². The Labute approximate surface area is 152 Å². The maximum Gasteiger partial charge on any atom is 0.163 e. The first-order valence-corrected chi connectivity index (χ1v) is 9.00. The second-order valence-corrected chi connectivity index (χ2v) is 6.45. The molecule has 26 heavy (non-hydrogen) atoms. The molecule has 0 spiro atoms. The summed E-state index contributed by atoms with van der Waals surface area (Å²) in [5.41, 5.74) is 1.36. The fourth-order valence-electron chi connectivity index (χ4n) is 3.20. The molecule has 0 aliphatic carbocycles. The molecule has 0 atom stereocenters. The van der Waals surface area contributed by atoms with Crippen LogP contribution in [0.3, 0.4) is 0 Å². The zero-order valence-corrected chi connectivity index (χ0v) is 14.5. The van der Waals surface area contributed by atoms with Crippen LogP contribution in [0.25, 0.3) is 11.4 Å². The average Bonchev–Trinajstić information content (AvgIpc) is 2.71. The summed E-state index contributed by atoms with van der Waals surface area (Å²) in [5, 5.41) is 3.11. The van der Waals surface area contributed by atoms with E-state index in [1.807, 2.05) is 36.4 Å². The molecule has 0 unspecified atom stereocenters. The minimum absolute atomic E-state index is 0.299. The Morgan fingerprint density at radius 1 is 0.846 bits per heavy atom. The van der Waals surface area contributed by atoms with Gasteiger partial charge < -0.3 is 10.2 Å². The Kier molecular flexibility index (Phi) is 4.78. The fraction of sp³-hybridized carbons (Fsp3) is 0.238. The van der Waals surface area contributed by atoms with Gasteiger partial charge in [-0.2, -0.15) is 0 Å². The van der Waals surface area contributed by atoms with E-state index < -0.39 is 0 Å². The van der Waals surface area contributed by atoms with Crippen LogP contribution in [0.1, 0.15) is 19.3 Å². The smallest absolute Gasteiger partial charge is 0.163 e. The molecule has 4 rings (SSSR count). The normalized spacial score (nSPS) is 14.3. The maximum atomic E-state index is 14.0. The first kappa shape index (κ1) is 16.5. The molecule has 0 saturated carbocycles. The lowest BCUT2D eigenvalue weighted by atomic mass is 10.1. The van der Waals surface area contributed by atoms with E-state index >= 15 is 0 Å². The summed E-state index contributed by atoms with van der Waals surface area (Å²) < 4.78 is 14.0. The lowest BCUT2D eigenvalue weighted by Crippen LogP contribution is -2.30. The third-order valence-corrected chi connectivity index (χ3v) is 4.56. The molecule has 2 heterocycles. The van der Waals surface area contributed by atoms with Crippen LogP contribution in [-0.4, -0.2) is 23.1 Å². The van der Waals surface area contributed by atoms with E-state index in [0.717, 1.165) is 24.5 Å². The number of piperidine rings is 1. The van der Waals surface area contributed by atoms with Crippen LogP contribution in [0, 0.1) is 5.82 Å². The van der Waals surface area contributed by atoms with Gasteiger partial charge in [0.05, 0.1) is 5.69 Å². The van der Waals surface area contributed by atoms with Crippen molar-refractivity contribution in [3.8, 4) is 11.4 Å². The molecule has 1 N–H and O–H groups in total. The Morgan fingerprint density at radius 2 is 1.58 bits per heavy atom. The van der Waals surface area contributed by atoms with Crippen LogP contribution in [0.5, 0.6) is 0 Å². The fourth-order valence-corrected chi connectivity index (χ4v) is 3.20. The summed E-state index contributed by atoms with van der Waals surface area (Å²) in [6.45, 7) is 1.98. The van der Waals surface area contributed by atoms with Gasteiger partial charge in [0.25, 0.3) is 0 Å². The van der Waals surface area contributed by atoms with Gasteiger partial charge >= 0.3 is 0 Å². The molecule has 132 valence electrons. The minimum atomic E-state index is -0.299. The van der Waals surface area contributed by atoms with Crippen LogP contribution in [0.2, 0.25) is 0 Å². The van der Waals surface area contributed by atoms with Gasteiger partial charge in [-0.3, -0.25) is 0 Å². The highest BCUT2D eigenvalue weighted by molar-refractivity contribution is 5.65. The molecule has 5 heteroatoms. The molecule has 1 aromatic heterocycles. The first-order valence-electron chi connectivity index (χ1n) is 9.00. The lowest BCUT2D eigenvalue weighted by molar-refractivity contribution is 0.573. The summed E-state index contributed by atoms with van der Waals surface area (Å²) in [6.07, 6.45) is 3.59. The second-order valence-electron chi connectivity index (χ2n) is 6.45. The minimum Gasteiger partial charge on any atom is -0.356 e. The number of nitrogens with one attached hydrogen (secondary N) is 1. The van der Waals surface area contributed by atoms with Crippen molar-refractivity contribution in [3.05, 3.63) is 66.5 Å². The van der Waals surface area contributed by atoms with Crippen molar-refractivity contribution >= 4 is 17.3 Å². The molecule has 1 saturated heterocycles. The molecule has 1 aliphatic rings. The van der Waals surface area contributed by atoms with Crippen LogP contribution < -0.4 is 10.2 Å². The Balaban J connectivity index is 1.73. The molecule has 1 aliphatic heterocycles. The van der Waals surface area contributed by atoms with Crippen molar-refractivity contribution in [1.29, 1.82) is 0 Å². The predicted molar refractivity (Wildman–Crippen MR) is 103 cm³/mol. The number of halogens is 1. The third-order valence-electron chi connectivity index (χ3n) is 4.56. The van der Waals surface area contributed by atoms with E-state index in [2.05, 4.69) is 15.2 Å². The molecule has 2 aromatic carbocycles. The molecule has 1 fully saturated rings. The van der Waals surface area contributed by atoms with Crippen LogP contribution >= 0.6 is 0 Å². The summed E-state index contributed by atoms with van der Waals surface area (Å²) in [4.78, 5) is 11.7. The van der Waals surface area contributed by atoms with Crippen molar-refractivity contribution in [2.24, 2.45) is 0 Å². The predicted octanol–water partition coefficient (Wildman–Crippen LogP) is 5.02. The van der Waals surface area contributed by atoms with E-state index in [-0.39, 0.29) is 5.82 Å². The van der Waals surface area contributed by atoms with Gasteiger partial charge in [-0.1, -0.05) is 42.5 Å². The first-order chi connectivity index (χ1) is 12.8. The van der Waals surface area contributed by atoms with Crippen molar-refractivity contribution in [3.63, 3.8) is 0 Å². The highest BCUT2D eigenvalue weighted by Gasteiger charge is 2.16. The summed E-state index contributed by atoms with van der Waals surface area (Å²) in [5.74, 6) is 1.83. The second kappa shape index (κ2) is 7.52. The lowest BCUT2D eigenvalue weighted by Gasteiger charge is -2.28. The van der Waals surface area contributed by atoms with Gasteiger partial charge in [-0.25, -0.2) is 14.4 Å². The number of para-hydroxylation sites is 1. The number of nitrogens with zero attached hydrogens (tertiary/aromatic N) is 3. The monoisotopic (exact) mass is 348 g/mol. The van der Waals surface area contributed by atoms with E-state index in [4.69, 9.17) is 4.98 Å². The number of aromatic nitrogens is 2. The van der Waals surface area contributed by atoms with Crippen molar-refractivity contribution in [2.75, 3.05) is 23.3 Å². The number of rotatable bonds is 4. The van der Waals surface area contributed by atoms with Crippen molar-refractivity contribution < 1.29 is 4.39 Å². The quantitative estimate of drug-likeness (QED) is 0.719. The molecular weight excluding hydrogens is 327 g/mol. The van der Waals surface area contributed by atoms with Gasteiger partial charge in [0.1, 0.15) is 17.5 Å². The Hall–Kier alpha value is -2.95. The van der Waals surface area contributed by atoms with Crippen LogP contribution in [0.15, 0.2) is 60.7 Å². The zero-order chi connectivity index (χ0) is 17.8. The summed E-state index contributed by atoms with van der Waals surface area (Å²) >= 11 is 0. The third kappa shape index (κ3) is 3.67. The zero-order valence-electron chi connectivity index (χ0n) is 14.5. The molecule has 0 radical (unpaired) electrons. The van der Waals surface area contributed by atoms with Gasteiger partial charge in [0, 0.05) is 24.7 Å². The number of hydrogen-bond donors (Lipinski definition) is 1. The highest BCUT2D eigenvalue weighted by atomic mass is 19.1. The number of hydrogen-bond acceptors (Lipinski definition) is 4. The summed E-state index contributed by atoms with van der Waals surface area (Å²) in [7, 11) is 0. The van der Waals surface area contributed by atoms with Crippen molar-refractivity contribution in [2.45, 2.75) is 19.3 Å². The van der Waals surface area contributed by atoms with Gasteiger partial charge in [-0.05, 0) is 31.4 Å². The van der Waals surface area contributed by atoms with Crippen molar-refractivity contribution in [1.82, 2.24) is 9.97 Å². The summed E-state index contributed by atoms with van der Waals surface area (Å²) in [6, 6.07) is 18.4. The molecule has 0 amide bonds. The van der Waals surface area contributed by atoms with Gasteiger partial charge in [-0.15, -0.1) is 0 Å². The Morgan fingerprint density at radius 3 is 2.35 bits per heavy atom. The standard InChI is InChI=1S/C21H21FN4/c22-17-11-5-6-12-18(17)23-19-15-20(26-13-7-2-8-14-26)25-21(24-19)16-9-3-1-4-10-16/h1,3-6,9-12,15H,2,7-8,13-14H2,(H,23,24,25). The van der Waals surface area contributed by atoms with E-state index in [0.29, 0.717) is 17.3 Å². The molecule has 0 bridgehead atoms. The Bertz CT molecular complexity index is 876. The van der Waals surface area contributed by atoms with Crippen LogP contribution in [0.4, 0.5) is 21.7 Å². The SMILES string of the molecule is Fc1ccccc1Nc1cc(N2CCCCC2)nc(-c2ccccc2)n1. The molecular formula is C21H21FN4. The van der Waals surface area contributed by atoms with Gasteiger partial charge in [0.2, 0.25) is 0 Å². The number of benzene rings is 2. The van der Waals surface area contributed by atoms with E-state index in [1.54, 1.807) is 18.2 Å². The average molecular weight is 348 g/mol. The molecule has 3 aromatic rings.